The van der Waals surface area contributed by atoms with Crippen molar-refractivity contribution < 1.29 is 4.57 Å². The second kappa shape index (κ2) is 8.59. The molecule has 0 atom stereocenters. The number of nitrogens with zero attached hydrogens (tertiary/aromatic N) is 1. The lowest BCUT2D eigenvalue weighted by atomic mass is 10.0. The molecule has 27 heavy (non-hydrogen) atoms. The van der Waals surface area contributed by atoms with Gasteiger partial charge in [0, 0.05) is 37.3 Å². The highest BCUT2D eigenvalue weighted by atomic mass is 31.2. The number of pyridine rings is 2. The first-order chi connectivity index (χ1) is 13.0. The summed E-state index contributed by atoms with van der Waals surface area (Å²) in [5.41, 5.74) is 3.46. The van der Waals surface area contributed by atoms with Crippen LogP contribution in [0.25, 0.3) is 22.2 Å². The molecule has 4 N–H and O–H groups in total. The molecule has 0 aliphatic carbocycles. The Kier molecular flexibility index (Phi) is 6.19. The van der Waals surface area contributed by atoms with Crippen LogP contribution in [0.3, 0.4) is 0 Å². The number of hydrogen-bond donors (Lipinski definition) is 4. The first-order valence-electron chi connectivity index (χ1n) is 8.97. The van der Waals surface area contributed by atoms with Crippen molar-refractivity contribution in [1.82, 2.24) is 25.2 Å². The van der Waals surface area contributed by atoms with Gasteiger partial charge in [-0.25, -0.2) is 20.2 Å². The van der Waals surface area contributed by atoms with E-state index in [4.69, 9.17) is 0 Å². The van der Waals surface area contributed by atoms with Gasteiger partial charge in [0.05, 0.1) is 0 Å². The standard InChI is InChI=1S/C19H24N5O2P/c1-3-21-27(26,22-4-2)23-13-14-5-7-15(8-6-14)16-11-12-20-19-17(16)9-10-18(25)24-19/h5-12H,3-4,13H2,1-2H3,(H,20,24,25)(H3,21,22,23,26). The number of nitrogens with one attached hydrogen (secondary N) is 4. The zero-order chi connectivity index (χ0) is 19.3. The summed E-state index contributed by atoms with van der Waals surface area (Å²) in [7, 11) is -2.78. The van der Waals surface area contributed by atoms with Crippen LogP contribution in [0.2, 0.25) is 0 Å². The van der Waals surface area contributed by atoms with E-state index < -0.39 is 7.59 Å². The van der Waals surface area contributed by atoms with Gasteiger partial charge in [-0.1, -0.05) is 38.1 Å². The van der Waals surface area contributed by atoms with Crippen molar-refractivity contribution in [1.29, 1.82) is 0 Å². The van der Waals surface area contributed by atoms with Crippen LogP contribution in [-0.4, -0.2) is 23.1 Å². The van der Waals surface area contributed by atoms with Crippen LogP contribution in [0.5, 0.6) is 0 Å². The van der Waals surface area contributed by atoms with Gasteiger partial charge in [0.2, 0.25) is 5.56 Å². The zero-order valence-corrected chi connectivity index (χ0v) is 16.3. The minimum Gasteiger partial charge on any atom is -0.307 e. The van der Waals surface area contributed by atoms with Gasteiger partial charge in [0.15, 0.2) is 0 Å². The molecule has 0 aliphatic rings. The van der Waals surface area contributed by atoms with Crippen LogP contribution in [0.15, 0.2) is 53.5 Å². The molecule has 3 aromatic rings. The molecule has 2 aromatic heterocycles. The monoisotopic (exact) mass is 385 g/mol. The van der Waals surface area contributed by atoms with E-state index in [1.165, 1.54) is 6.07 Å². The summed E-state index contributed by atoms with van der Waals surface area (Å²) >= 11 is 0. The summed E-state index contributed by atoms with van der Waals surface area (Å²) in [6.07, 6.45) is 1.69. The molecule has 8 heteroatoms. The SMILES string of the molecule is CCNP(=O)(NCC)NCc1ccc(-c2ccnc3[nH]c(=O)ccc23)cc1. The van der Waals surface area contributed by atoms with Gasteiger partial charge >= 0.3 is 0 Å². The van der Waals surface area contributed by atoms with Gasteiger partial charge in [-0.05, 0) is 28.8 Å². The molecule has 0 spiro atoms. The normalized spacial score (nSPS) is 11.8. The van der Waals surface area contributed by atoms with Crippen molar-refractivity contribution in [2.45, 2.75) is 20.4 Å². The minimum absolute atomic E-state index is 0.167. The molecule has 0 unspecified atom stereocenters. The Hall–Kier alpha value is -2.31. The van der Waals surface area contributed by atoms with Gasteiger partial charge in [-0.15, -0.1) is 0 Å². The van der Waals surface area contributed by atoms with Gasteiger partial charge in [0.1, 0.15) is 5.65 Å². The molecule has 2 heterocycles. The third kappa shape index (κ3) is 4.70. The molecule has 0 saturated heterocycles. The molecule has 0 aliphatic heterocycles. The van der Waals surface area contributed by atoms with E-state index in [-0.39, 0.29) is 5.56 Å². The predicted molar refractivity (Wildman–Crippen MR) is 110 cm³/mol. The maximum Gasteiger partial charge on any atom is 0.279 e. The molecule has 0 fully saturated rings. The molecular weight excluding hydrogens is 361 g/mol. The summed E-state index contributed by atoms with van der Waals surface area (Å²) in [6, 6.07) is 13.3. The van der Waals surface area contributed by atoms with Crippen molar-refractivity contribution in [3.05, 3.63) is 64.6 Å². The van der Waals surface area contributed by atoms with E-state index in [2.05, 4.69) is 25.2 Å². The van der Waals surface area contributed by atoms with E-state index in [1.807, 2.05) is 44.2 Å². The fraction of sp³-hybridized carbons (Fsp3) is 0.263. The summed E-state index contributed by atoms with van der Waals surface area (Å²) < 4.78 is 12.7. The Morgan fingerprint density at radius 2 is 1.67 bits per heavy atom. The molecule has 0 amide bonds. The quantitative estimate of drug-likeness (QED) is 0.445. The Morgan fingerprint density at radius 1 is 0.963 bits per heavy atom. The molecule has 0 radical (unpaired) electrons. The van der Waals surface area contributed by atoms with Gasteiger partial charge in [0.25, 0.3) is 7.59 Å². The van der Waals surface area contributed by atoms with Crippen molar-refractivity contribution >= 4 is 18.6 Å². The minimum atomic E-state index is -2.78. The van der Waals surface area contributed by atoms with E-state index in [0.717, 1.165) is 22.1 Å². The molecular formula is C19H24N5O2P. The topological polar surface area (TPSA) is 98.9 Å². The predicted octanol–water partition coefficient (Wildman–Crippen LogP) is 3.01. The summed E-state index contributed by atoms with van der Waals surface area (Å²) in [5, 5.41) is 9.97. The molecule has 7 nitrogen and oxygen atoms in total. The van der Waals surface area contributed by atoms with Crippen LogP contribution in [-0.2, 0) is 11.1 Å². The first-order valence-corrected chi connectivity index (χ1v) is 10.7. The number of benzene rings is 1. The number of rotatable bonds is 8. The van der Waals surface area contributed by atoms with Crippen LogP contribution >= 0.6 is 7.59 Å². The fourth-order valence-electron chi connectivity index (χ4n) is 2.93. The van der Waals surface area contributed by atoms with Crippen molar-refractivity contribution in [2.24, 2.45) is 0 Å². The highest BCUT2D eigenvalue weighted by molar-refractivity contribution is 7.57. The summed E-state index contributed by atoms with van der Waals surface area (Å²) in [5.74, 6) is 0. The highest BCUT2D eigenvalue weighted by Gasteiger charge is 2.18. The van der Waals surface area contributed by atoms with E-state index in [9.17, 15) is 9.36 Å². The largest absolute Gasteiger partial charge is 0.307 e. The maximum atomic E-state index is 12.7. The highest BCUT2D eigenvalue weighted by Crippen LogP contribution is 2.31. The Morgan fingerprint density at radius 3 is 2.33 bits per heavy atom. The van der Waals surface area contributed by atoms with Crippen molar-refractivity contribution in [3.63, 3.8) is 0 Å². The lowest BCUT2D eigenvalue weighted by Crippen LogP contribution is -2.31. The number of H-pyrrole nitrogens is 1. The second-order valence-electron chi connectivity index (χ2n) is 6.11. The lowest BCUT2D eigenvalue weighted by Gasteiger charge is -2.20. The molecule has 0 bridgehead atoms. The van der Waals surface area contributed by atoms with E-state index >= 15 is 0 Å². The average molecular weight is 385 g/mol. The smallest absolute Gasteiger partial charge is 0.279 e. The van der Waals surface area contributed by atoms with Crippen LogP contribution in [0.4, 0.5) is 0 Å². The van der Waals surface area contributed by atoms with E-state index in [0.29, 0.717) is 25.3 Å². The molecule has 1 aromatic carbocycles. The molecule has 3 rings (SSSR count). The number of aromatic nitrogens is 2. The number of aromatic amines is 1. The number of hydrogen-bond acceptors (Lipinski definition) is 3. The fourth-order valence-corrected chi connectivity index (χ4v) is 4.56. The Balaban J connectivity index is 1.80. The Labute approximate surface area is 158 Å². The van der Waals surface area contributed by atoms with Crippen LogP contribution < -0.4 is 20.8 Å². The number of fused-ring (bicyclic) bond motifs is 1. The second-order valence-corrected chi connectivity index (χ2v) is 8.28. The van der Waals surface area contributed by atoms with Gasteiger partial charge in [-0.3, -0.25) is 9.36 Å². The summed E-state index contributed by atoms with van der Waals surface area (Å²) in [6.45, 7) is 5.57. The lowest BCUT2D eigenvalue weighted by molar-refractivity contribution is 0.542. The Bertz CT molecular complexity index is 1010. The maximum absolute atomic E-state index is 12.7. The average Bonchev–Trinajstić information content (AvgIpc) is 2.66. The third-order valence-electron chi connectivity index (χ3n) is 4.17. The van der Waals surface area contributed by atoms with Crippen LogP contribution in [0.1, 0.15) is 19.4 Å². The van der Waals surface area contributed by atoms with Crippen molar-refractivity contribution in [3.8, 4) is 11.1 Å². The van der Waals surface area contributed by atoms with Crippen molar-refractivity contribution in [2.75, 3.05) is 13.1 Å². The first kappa shape index (κ1) is 19.5. The third-order valence-corrected chi connectivity index (χ3v) is 6.29. The molecule has 142 valence electrons. The van der Waals surface area contributed by atoms with E-state index in [1.54, 1.807) is 12.3 Å². The van der Waals surface area contributed by atoms with Gasteiger partial charge < -0.3 is 4.98 Å². The van der Waals surface area contributed by atoms with Gasteiger partial charge in [-0.2, -0.15) is 0 Å². The molecule has 0 saturated carbocycles. The zero-order valence-electron chi connectivity index (χ0n) is 15.5. The summed E-state index contributed by atoms with van der Waals surface area (Å²) in [4.78, 5) is 18.5. The van der Waals surface area contributed by atoms with Crippen LogP contribution in [0, 0.1) is 0 Å².